The zero-order chi connectivity index (χ0) is 7.72. The Kier molecular flexibility index (Phi) is 2.54. The van der Waals surface area contributed by atoms with E-state index in [-0.39, 0.29) is 6.61 Å². The van der Waals surface area contributed by atoms with Crippen LogP contribution in [0.15, 0.2) is 0 Å². The summed E-state index contributed by atoms with van der Waals surface area (Å²) in [6.07, 6.45) is -1.90. The lowest BCUT2D eigenvalue weighted by atomic mass is 10.1. The molecule has 0 amide bonds. The largest absolute Gasteiger partial charge is 0.389 e. The fourth-order valence-corrected chi connectivity index (χ4v) is 1.09. The van der Waals surface area contributed by atoms with Gasteiger partial charge in [-0.05, 0) is 0 Å². The molecule has 0 radical (unpaired) electrons. The van der Waals surface area contributed by atoms with Gasteiger partial charge in [-0.2, -0.15) is 0 Å². The van der Waals surface area contributed by atoms with Gasteiger partial charge in [0, 0.05) is 0 Å². The number of hydrogen-bond donors (Lipinski definition) is 4. The molecule has 0 aromatic carbocycles. The predicted octanol–water partition coefficient (Wildman–Crippen LogP) is -1.68. The van der Waals surface area contributed by atoms with Crippen molar-refractivity contribution in [3.63, 3.8) is 0 Å². The lowest BCUT2D eigenvalue weighted by Crippen LogP contribution is -2.54. The molecule has 0 aromatic heterocycles. The highest BCUT2D eigenvalue weighted by atomic mass is 32.1. The summed E-state index contributed by atoms with van der Waals surface area (Å²) in [4.78, 5) is 0. The van der Waals surface area contributed by atoms with Crippen LogP contribution in [0, 0.1) is 0 Å². The van der Waals surface area contributed by atoms with E-state index in [0.29, 0.717) is 0 Å². The second-order valence-corrected chi connectivity index (χ2v) is 2.88. The number of thiol groups is 1. The number of rotatable bonds is 0. The van der Waals surface area contributed by atoms with Crippen molar-refractivity contribution in [2.24, 2.45) is 5.73 Å². The van der Waals surface area contributed by atoms with Gasteiger partial charge in [-0.25, -0.2) is 0 Å². The van der Waals surface area contributed by atoms with Gasteiger partial charge in [0.2, 0.25) is 0 Å². The average molecular weight is 165 g/mol. The first kappa shape index (κ1) is 8.29. The summed E-state index contributed by atoms with van der Waals surface area (Å²) in [5.41, 5.74) is 4.75. The SMILES string of the molecule is NC1COC(S)C(O)C1O. The Morgan fingerprint density at radius 2 is 2.00 bits per heavy atom. The van der Waals surface area contributed by atoms with Gasteiger partial charge in [0.25, 0.3) is 0 Å². The molecule has 4 atom stereocenters. The van der Waals surface area contributed by atoms with Crippen LogP contribution in [-0.4, -0.2) is 40.5 Å². The van der Waals surface area contributed by atoms with E-state index >= 15 is 0 Å². The van der Waals surface area contributed by atoms with Gasteiger partial charge in [-0.15, -0.1) is 12.6 Å². The lowest BCUT2D eigenvalue weighted by molar-refractivity contribution is -0.110. The molecule has 4 unspecified atom stereocenters. The van der Waals surface area contributed by atoms with Crippen LogP contribution in [0.2, 0.25) is 0 Å². The van der Waals surface area contributed by atoms with Crippen molar-refractivity contribution in [2.75, 3.05) is 6.61 Å². The second-order valence-electron chi connectivity index (χ2n) is 2.37. The zero-order valence-electron chi connectivity index (χ0n) is 5.34. The van der Waals surface area contributed by atoms with Crippen molar-refractivity contribution < 1.29 is 14.9 Å². The molecule has 60 valence electrons. The molecule has 0 aromatic rings. The van der Waals surface area contributed by atoms with Gasteiger partial charge in [0.1, 0.15) is 17.6 Å². The van der Waals surface area contributed by atoms with E-state index in [9.17, 15) is 0 Å². The summed E-state index contributed by atoms with van der Waals surface area (Å²) in [5.74, 6) is 0. The van der Waals surface area contributed by atoms with E-state index in [2.05, 4.69) is 12.6 Å². The van der Waals surface area contributed by atoms with E-state index in [4.69, 9.17) is 20.7 Å². The minimum absolute atomic E-state index is 0.242. The van der Waals surface area contributed by atoms with E-state index in [1.54, 1.807) is 0 Å². The molecule has 1 rings (SSSR count). The number of nitrogens with two attached hydrogens (primary N) is 1. The molecule has 1 aliphatic rings. The molecule has 0 aliphatic carbocycles. The maximum Gasteiger partial charge on any atom is 0.129 e. The molecular weight excluding hydrogens is 154 g/mol. The highest BCUT2D eigenvalue weighted by Crippen LogP contribution is 2.16. The minimum atomic E-state index is -0.980. The molecule has 1 fully saturated rings. The van der Waals surface area contributed by atoms with Crippen molar-refractivity contribution in [3.05, 3.63) is 0 Å². The summed E-state index contributed by atoms with van der Waals surface area (Å²) < 4.78 is 4.90. The van der Waals surface area contributed by atoms with E-state index in [1.807, 2.05) is 0 Å². The van der Waals surface area contributed by atoms with Crippen LogP contribution in [0.1, 0.15) is 0 Å². The van der Waals surface area contributed by atoms with Crippen LogP contribution in [0.5, 0.6) is 0 Å². The van der Waals surface area contributed by atoms with Crippen LogP contribution in [-0.2, 0) is 4.74 Å². The van der Waals surface area contributed by atoms with Crippen molar-refractivity contribution in [3.8, 4) is 0 Å². The van der Waals surface area contributed by atoms with Crippen molar-refractivity contribution >= 4 is 12.6 Å². The second kappa shape index (κ2) is 3.06. The quantitative estimate of drug-likeness (QED) is 0.323. The van der Waals surface area contributed by atoms with Crippen LogP contribution < -0.4 is 5.73 Å². The highest BCUT2D eigenvalue weighted by molar-refractivity contribution is 7.80. The molecule has 0 spiro atoms. The molecule has 1 aliphatic heterocycles. The van der Waals surface area contributed by atoms with Crippen LogP contribution >= 0.6 is 12.6 Å². The van der Waals surface area contributed by atoms with Gasteiger partial charge in [0.15, 0.2) is 0 Å². The summed E-state index contributed by atoms with van der Waals surface area (Å²) in [6.45, 7) is 0.242. The Labute approximate surface area is 64.4 Å². The molecule has 1 saturated heterocycles. The Hall–Kier alpha value is 0.190. The van der Waals surface area contributed by atoms with E-state index in [0.717, 1.165) is 0 Å². The standard InChI is InChI=1S/C5H11NO3S/c6-2-1-9-5(10)4(8)3(2)7/h2-5,7-8,10H,1,6H2. The number of aliphatic hydroxyl groups is 2. The summed E-state index contributed by atoms with van der Waals surface area (Å²) >= 11 is 3.87. The predicted molar refractivity (Wildman–Crippen MR) is 38.7 cm³/mol. The summed E-state index contributed by atoms with van der Waals surface area (Å²) in [6, 6.07) is -0.501. The maximum atomic E-state index is 9.11. The first-order valence-electron chi connectivity index (χ1n) is 3.04. The van der Waals surface area contributed by atoms with Crippen molar-refractivity contribution in [1.29, 1.82) is 0 Å². The molecule has 1 heterocycles. The van der Waals surface area contributed by atoms with Gasteiger partial charge >= 0.3 is 0 Å². The number of aliphatic hydroxyl groups excluding tert-OH is 2. The lowest BCUT2D eigenvalue weighted by Gasteiger charge is -2.33. The first-order valence-corrected chi connectivity index (χ1v) is 3.56. The molecule has 5 heteroatoms. The van der Waals surface area contributed by atoms with Gasteiger partial charge < -0.3 is 20.7 Å². The highest BCUT2D eigenvalue weighted by Gasteiger charge is 2.34. The molecule has 4 nitrogen and oxygen atoms in total. The topological polar surface area (TPSA) is 75.7 Å². The average Bonchev–Trinajstić information content (AvgIpc) is 1.93. The minimum Gasteiger partial charge on any atom is -0.389 e. The molecule has 10 heavy (non-hydrogen) atoms. The van der Waals surface area contributed by atoms with Crippen LogP contribution in [0.25, 0.3) is 0 Å². The Bertz CT molecular complexity index is 109. The van der Waals surface area contributed by atoms with Crippen molar-refractivity contribution in [1.82, 2.24) is 0 Å². The van der Waals surface area contributed by atoms with Gasteiger partial charge in [-0.3, -0.25) is 0 Å². The molecular formula is C5H11NO3S. The molecule has 4 N–H and O–H groups in total. The number of hydrogen-bond acceptors (Lipinski definition) is 5. The van der Waals surface area contributed by atoms with Gasteiger partial charge in [0.05, 0.1) is 12.6 Å². The van der Waals surface area contributed by atoms with Gasteiger partial charge in [-0.1, -0.05) is 0 Å². The van der Waals surface area contributed by atoms with Crippen molar-refractivity contribution in [2.45, 2.75) is 23.7 Å². The maximum absolute atomic E-state index is 9.11. The third-order valence-electron chi connectivity index (χ3n) is 1.54. The normalized spacial score (nSPS) is 49.2. The first-order chi connectivity index (χ1) is 4.63. The zero-order valence-corrected chi connectivity index (χ0v) is 6.24. The summed E-state index contributed by atoms with van der Waals surface area (Å²) in [7, 11) is 0. The van der Waals surface area contributed by atoms with E-state index < -0.39 is 23.7 Å². The summed E-state index contributed by atoms with van der Waals surface area (Å²) in [5, 5.41) is 18.2. The third kappa shape index (κ3) is 1.43. The van der Waals surface area contributed by atoms with Crippen LogP contribution in [0.3, 0.4) is 0 Å². The van der Waals surface area contributed by atoms with Crippen LogP contribution in [0.4, 0.5) is 0 Å². The smallest absolute Gasteiger partial charge is 0.129 e. The molecule has 0 bridgehead atoms. The Morgan fingerprint density at radius 3 is 2.50 bits per heavy atom. The number of ether oxygens (including phenoxy) is 1. The third-order valence-corrected chi connectivity index (χ3v) is 1.99. The Balaban J connectivity index is 2.52. The Morgan fingerprint density at radius 1 is 1.40 bits per heavy atom. The van der Waals surface area contributed by atoms with E-state index in [1.165, 1.54) is 0 Å². The monoisotopic (exact) mass is 165 g/mol. The molecule has 0 saturated carbocycles. The fourth-order valence-electron chi connectivity index (χ4n) is 0.829. The fraction of sp³-hybridized carbons (Fsp3) is 1.00.